The van der Waals surface area contributed by atoms with Crippen molar-refractivity contribution in [2.24, 2.45) is 0 Å². The highest BCUT2D eigenvalue weighted by Crippen LogP contribution is 2.39. The maximum absolute atomic E-state index is 11.5. The van der Waals surface area contributed by atoms with Crippen molar-refractivity contribution in [2.75, 3.05) is 0 Å². The van der Waals surface area contributed by atoms with Crippen LogP contribution < -0.4 is 0 Å². The summed E-state index contributed by atoms with van der Waals surface area (Å²) in [6.07, 6.45) is 8.31. The smallest absolute Gasteiger partial charge is 0.144 e. The van der Waals surface area contributed by atoms with Gasteiger partial charge >= 0.3 is 0 Å². The lowest BCUT2D eigenvalue weighted by atomic mass is 9.81. The molecule has 1 unspecified atom stereocenters. The number of H-pyrrole nitrogens is 1. The predicted molar refractivity (Wildman–Crippen MR) is 108 cm³/mol. The highest BCUT2D eigenvalue weighted by atomic mass is 35.5. The van der Waals surface area contributed by atoms with Crippen LogP contribution >= 0.6 is 23.2 Å². The minimum atomic E-state index is -1.45. The number of aromatic amines is 1. The van der Waals surface area contributed by atoms with Crippen molar-refractivity contribution in [3.05, 3.63) is 119 Å². The van der Waals surface area contributed by atoms with E-state index >= 15 is 0 Å². The number of aliphatic hydroxyl groups is 1. The summed E-state index contributed by atoms with van der Waals surface area (Å²) in [5.41, 5.74) is 0.281. The van der Waals surface area contributed by atoms with Crippen LogP contribution in [0.3, 0.4) is 0 Å². The summed E-state index contributed by atoms with van der Waals surface area (Å²) in [4.78, 5) is 10.9. The first kappa shape index (κ1) is 19.1. The molecule has 0 amide bonds. The molecule has 0 fully saturated rings. The van der Waals surface area contributed by atoms with Crippen LogP contribution in [0.25, 0.3) is 0 Å². The molecule has 2 aromatic heterocycles. The minimum absolute atomic E-state index is 0.462. The SMILES string of the molecule is OC(c1ccc(Cl)cc1)(c1cncnc1)c1ccccc1Cl.c1cc[nH]c1. The maximum Gasteiger partial charge on any atom is 0.144 e. The van der Waals surface area contributed by atoms with Crippen LogP contribution in [-0.4, -0.2) is 20.1 Å². The Balaban J connectivity index is 0.000000364. The quantitative estimate of drug-likeness (QED) is 0.506. The van der Waals surface area contributed by atoms with Crippen LogP contribution in [0.2, 0.25) is 10.0 Å². The van der Waals surface area contributed by atoms with Crippen LogP contribution in [0, 0.1) is 0 Å². The number of rotatable bonds is 3. The van der Waals surface area contributed by atoms with E-state index in [2.05, 4.69) is 15.0 Å². The molecule has 4 nitrogen and oxygen atoms in total. The van der Waals surface area contributed by atoms with Gasteiger partial charge in [-0.15, -0.1) is 0 Å². The van der Waals surface area contributed by atoms with Gasteiger partial charge in [-0.05, 0) is 35.9 Å². The molecule has 136 valence electrons. The van der Waals surface area contributed by atoms with Crippen LogP contribution in [-0.2, 0) is 5.60 Å². The van der Waals surface area contributed by atoms with Crippen LogP contribution in [0.1, 0.15) is 16.7 Å². The Labute approximate surface area is 167 Å². The first-order valence-electron chi connectivity index (χ1n) is 8.19. The molecule has 4 rings (SSSR count). The van der Waals surface area contributed by atoms with Crippen LogP contribution in [0.5, 0.6) is 0 Å². The maximum atomic E-state index is 11.5. The van der Waals surface area contributed by atoms with E-state index < -0.39 is 5.60 Å². The lowest BCUT2D eigenvalue weighted by Crippen LogP contribution is -2.29. The molecule has 0 aliphatic carbocycles. The second-order valence-electron chi connectivity index (χ2n) is 5.71. The van der Waals surface area contributed by atoms with Crippen molar-refractivity contribution < 1.29 is 5.11 Å². The number of halogens is 2. The van der Waals surface area contributed by atoms with E-state index in [-0.39, 0.29) is 0 Å². The molecular formula is C21H17Cl2N3O. The van der Waals surface area contributed by atoms with E-state index in [1.54, 1.807) is 48.8 Å². The Hall–Kier alpha value is -2.66. The highest BCUT2D eigenvalue weighted by molar-refractivity contribution is 6.31. The highest BCUT2D eigenvalue weighted by Gasteiger charge is 2.36. The molecule has 0 aliphatic rings. The molecule has 0 bridgehead atoms. The van der Waals surface area contributed by atoms with Gasteiger partial charge < -0.3 is 10.1 Å². The third kappa shape index (κ3) is 4.37. The molecule has 0 spiro atoms. The van der Waals surface area contributed by atoms with Crippen molar-refractivity contribution in [1.29, 1.82) is 0 Å². The Bertz CT molecular complexity index is 943. The fourth-order valence-electron chi connectivity index (χ4n) is 2.69. The van der Waals surface area contributed by atoms with Gasteiger partial charge in [-0.1, -0.05) is 53.5 Å². The molecule has 0 saturated carbocycles. The zero-order chi connectivity index (χ0) is 19.1. The largest absolute Gasteiger partial charge is 0.376 e. The molecule has 0 aliphatic heterocycles. The summed E-state index contributed by atoms with van der Waals surface area (Å²) < 4.78 is 0. The van der Waals surface area contributed by atoms with E-state index in [0.717, 1.165) is 0 Å². The molecule has 0 radical (unpaired) electrons. The molecule has 27 heavy (non-hydrogen) atoms. The van der Waals surface area contributed by atoms with Crippen molar-refractivity contribution in [3.63, 3.8) is 0 Å². The zero-order valence-electron chi connectivity index (χ0n) is 14.3. The average molecular weight is 398 g/mol. The van der Waals surface area contributed by atoms with Crippen LogP contribution in [0.4, 0.5) is 0 Å². The van der Waals surface area contributed by atoms with E-state index in [1.807, 2.05) is 36.7 Å². The monoisotopic (exact) mass is 397 g/mol. The third-order valence-electron chi connectivity index (χ3n) is 4.00. The standard InChI is InChI=1S/C17H12Cl2N2O.C4H5N/c18-14-7-5-12(6-8-14)17(22,13-9-20-11-21-10-13)15-3-1-2-4-16(15)19;1-2-4-5-3-1/h1-11,22H;1-5H. The molecule has 2 aromatic carbocycles. The minimum Gasteiger partial charge on any atom is -0.376 e. The molecule has 2 heterocycles. The number of hydrogen-bond donors (Lipinski definition) is 2. The van der Waals surface area contributed by atoms with E-state index in [9.17, 15) is 5.11 Å². The first-order chi connectivity index (χ1) is 13.1. The fourth-order valence-corrected chi connectivity index (χ4v) is 3.09. The second-order valence-corrected chi connectivity index (χ2v) is 6.55. The Kier molecular flexibility index (Phi) is 6.24. The normalized spacial score (nSPS) is 12.6. The van der Waals surface area contributed by atoms with Gasteiger partial charge in [-0.3, -0.25) is 0 Å². The van der Waals surface area contributed by atoms with Gasteiger partial charge in [-0.2, -0.15) is 0 Å². The molecule has 0 saturated heterocycles. The first-order valence-corrected chi connectivity index (χ1v) is 8.94. The van der Waals surface area contributed by atoms with Crippen molar-refractivity contribution in [1.82, 2.24) is 15.0 Å². The van der Waals surface area contributed by atoms with Crippen molar-refractivity contribution in [2.45, 2.75) is 5.60 Å². The Morgan fingerprint density at radius 3 is 1.96 bits per heavy atom. The summed E-state index contributed by atoms with van der Waals surface area (Å²) in [6.45, 7) is 0. The number of benzene rings is 2. The average Bonchev–Trinajstić information content (AvgIpc) is 3.29. The summed E-state index contributed by atoms with van der Waals surface area (Å²) in [5, 5.41) is 12.5. The Morgan fingerprint density at radius 2 is 1.41 bits per heavy atom. The summed E-state index contributed by atoms with van der Waals surface area (Å²) in [5.74, 6) is 0. The van der Waals surface area contributed by atoms with Crippen molar-refractivity contribution in [3.8, 4) is 0 Å². The Morgan fingerprint density at radius 1 is 0.778 bits per heavy atom. The topological polar surface area (TPSA) is 61.8 Å². The van der Waals surface area contributed by atoms with Gasteiger partial charge in [0.2, 0.25) is 0 Å². The zero-order valence-corrected chi connectivity index (χ0v) is 15.8. The van der Waals surface area contributed by atoms with Gasteiger partial charge in [-0.25, -0.2) is 9.97 Å². The van der Waals surface area contributed by atoms with E-state index in [0.29, 0.717) is 26.7 Å². The fraction of sp³-hybridized carbons (Fsp3) is 0.0476. The molecular weight excluding hydrogens is 381 g/mol. The third-order valence-corrected chi connectivity index (χ3v) is 4.58. The number of nitrogens with zero attached hydrogens (tertiary/aromatic N) is 2. The molecule has 4 aromatic rings. The van der Waals surface area contributed by atoms with Gasteiger partial charge in [0.1, 0.15) is 11.9 Å². The molecule has 2 N–H and O–H groups in total. The van der Waals surface area contributed by atoms with E-state index in [4.69, 9.17) is 23.2 Å². The van der Waals surface area contributed by atoms with Crippen LogP contribution in [0.15, 0.2) is 91.8 Å². The molecule has 1 atom stereocenters. The summed E-state index contributed by atoms with van der Waals surface area (Å²) in [7, 11) is 0. The van der Waals surface area contributed by atoms with Gasteiger partial charge in [0, 0.05) is 46.0 Å². The number of nitrogens with one attached hydrogen (secondary N) is 1. The number of aromatic nitrogens is 3. The van der Waals surface area contributed by atoms with Crippen molar-refractivity contribution >= 4 is 23.2 Å². The predicted octanol–water partition coefficient (Wildman–Crippen LogP) is 5.08. The molecule has 6 heteroatoms. The number of hydrogen-bond acceptors (Lipinski definition) is 3. The van der Waals surface area contributed by atoms with Gasteiger partial charge in [0.25, 0.3) is 0 Å². The van der Waals surface area contributed by atoms with Gasteiger partial charge in [0.05, 0.1) is 0 Å². The summed E-state index contributed by atoms with van der Waals surface area (Å²) in [6, 6.07) is 18.0. The summed E-state index contributed by atoms with van der Waals surface area (Å²) >= 11 is 12.3. The second kappa shape index (κ2) is 8.82. The van der Waals surface area contributed by atoms with E-state index in [1.165, 1.54) is 6.33 Å². The lowest BCUT2D eigenvalue weighted by molar-refractivity contribution is 0.125. The van der Waals surface area contributed by atoms with Gasteiger partial charge in [0.15, 0.2) is 0 Å². The lowest BCUT2D eigenvalue weighted by Gasteiger charge is -2.30.